The van der Waals surface area contributed by atoms with Gasteiger partial charge < -0.3 is 5.32 Å². The van der Waals surface area contributed by atoms with Crippen LogP contribution in [-0.2, 0) is 13.0 Å². The van der Waals surface area contributed by atoms with Crippen LogP contribution in [0.3, 0.4) is 0 Å². The Labute approximate surface area is 114 Å². The quantitative estimate of drug-likeness (QED) is 0.881. The predicted molar refractivity (Wildman–Crippen MR) is 75.4 cm³/mol. The van der Waals surface area contributed by atoms with Crippen molar-refractivity contribution in [3.8, 4) is 0 Å². The average Bonchev–Trinajstić information content (AvgIpc) is 2.41. The first-order chi connectivity index (χ1) is 9.24. The van der Waals surface area contributed by atoms with Crippen LogP contribution in [-0.4, -0.2) is 22.6 Å². The van der Waals surface area contributed by atoms with Gasteiger partial charge in [0.25, 0.3) is 5.56 Å². The summed E-state index contributed by atoms with van der Waals surface area (Å²) in [5.74, 6) is 2.13. The van der Waals surface area contributed by atoms with E-state index in [4.69, 9.17) is 4.98 Å². The molecular formula is C15H23N3O. The molecule has 1 saturated heterocycles. The molecule has 0 bridgehead atoms. The van der Waals surface area contributed by atoms with Crippen LogP contribution in [0.2, 0.25) is 0 Å². The van der Waals surface area contributed by atoms with Crippen molar-refractivity contribution >= 4 is 0 Å². The molecule has 0 saturated carbocycles. The average molecular weight is 261 g/mol. The first-order valence-corrected chi connectivity index (χ1v) is 7.55. The van der Waals surface area contributed by atoms with Gasteiger partial charge in [-0.1, -0.05) is 6.92 Å². The summed E-state index contributed by atoms with van der Waals surface area (Å²) in [5.41, 5.74) is 1.16. The van der Waals surface area contributed by atoms with Crippen LogP contribution in [0.5, 0.6) is 0 Å². The summed E-state index contributed by atoms with van der Waals surface area (Å²) in [6, 6.07) is 1.77. The number of nitrogens with one attached hydrogen (secondary N) is 1. The highest BCUT2D eigenvalue weighted by Crippen LogP contribution is 2.24. The fraction of sp³-hybridized carbons (Fsp3) is 0.733. The van der Waals surface area contributed by atoms with Crippen molar-refractivity contribution in [3.05, 3.63) is 27.9 Å². The minimum Gasteiger partial charge on any atom is -0.317 e. The zero-order chi connectivity index (χ0) is 13.2. The van der Waals surface area contributed by atoms with Crippen molar-refractivity contribution in [3.63, 3.8) is 0 Å². The molecule has 1 atom stereocenters. The first-order valence-electron chi connectivity index (χ1n) is 7.55. The molecule has 0 radical (unpaired) electrons. The third-order valence-electron chi connectivity index (χ3n) is 4.51. The van der Waals surface area contributed by atoms with E-state index in [2.05, 4.69) is 12.2 Å². The largest absolute Gasteiger partial charge is 0.317 e. The van der Waals surface area contributed by atoms with Gasteiger partial charge in [0.05, 0.1) is 0 Å². The molecule has 19 heavy (non-hydrogen) atoms. The molecule has 3 heterocycles. The van der Waals surface area contributed by atoms with Crippen molar-refractivity contribution in [2.75, 3.05) is 13.1 Å². The molecule has 0 spiro atoms. The number of piperidine rings is 1. The number of hydrogen-bond donors (Lipinski definition) is 1. The Balaban J connectivity index is 1.84. The number of hydrogen-bond acceptors (Lipinski definition) is 3. The van der Waals surface area contributed by atoms with Crippen LogP contribution < -0.4 is 10.9 Å². The van der Waals surface area contributed by atoms with Gasteiger partial charge in [-0.05, 0) is 51.1 Å². The van der Waals surface area contributed by atoms with E-state index in [1.807, 2.05) is 4.57 Å². The lowest BCUT2D eigenvalue weighted by Crippen LogP contribution is -2.32. The summed E-state index contributed by atoms with van der Waals surface area (Å²) >= 11 is 0. The second kappa shape index (κ2) is 5.45. The summed E-state index contributed by atoms with van der Waals surface area (Å²) in [7, 11) is 0. The summed E-state index contributed by atoms with van der Waals surface area (Å²) in [4.78, 5) is 17.0. The maximum Gasteiger partial charge on any atom is 0.253 e. The van der Waals surface area contributed by atoms with E-state index in [0.717, 1.165) is 50.4 Å². The van der Waals surface area contributed by atoms with E-state index < -0.39 is 0 Å². The van der Waals surface area contributed by atoms with Gasteiger partial charge in [-0.2, -0.15) is 0 Å². The smallest absolute Gasteiger partial charge is 0.253 e. The molecule has 1 fully saturated rings. The van der Waals surface area contributed by atoms with Crippen molar-refractivity contribution in [1.82, 2.24) is 14.9 Å². The molecular weight excluding hydrogens is 238 g/mol. The zero-order valence-corrected chi connectivity index (χ0v) is 11.7. The van der Waals surface area contributed by atoms with Crippen molar-refractivity contribution in [2.24, 2.45) is 5.92 Å². The van der Waals surface area contributed by atoms with Crippen molar-refractivity contribution < 1.29 is 0 Å². The van der Waals surface area contributed by atoms with Crippen molar-refractivity contribution in [2.45, 2.75) is 51.5 Å². The first kappa shape index (κ1) is 12.9. The maximum atomic E-state index is 12.2. The summed E-state index contributed by atoms with van der Waals surface area (Å²) in [6.45, 7) is 5.24. The Bertz CT molecular complexity index is 503. The van der Waals surface area contributed by atoms with Crippen LogP contribution in [0.1, 0.15) is 50.0 Å². The van der Waals surface area contributed by atoms with Crippen molar-refractivity contribution in [1.29, 1.82) is 0 Å². The fourth-order valence-electron chi connectivity index (χ4n) is 3.34. The molecule has 1 unspecified atom stereocenters. The zero-order valence-electron chi connectivity index (χ0n) is 11.7. The molecule has 0 aliphatic carbocycles. The lowest BCUT2D eigenvalue weighted by molar-refractivity contribution is 0.366. The normalized spacial score (nSPS) is 24.2. The summed E-state index contributed by atoms with van der Waals surface area (Å²) in [5, 5.41) is 3.38. The number of aromatic nitrogens is 2. The molecule has 1 N–H and O–H groups in total. The van der Waals surface area contributed by atoms with Gasteiger partial charge in [0.1, 0.15) is 5.82 Å². The second-order valence-corrected chi connectivity index (χ2v) is 6.04. The van der Waals surface area contributed by atoms with Crippen LogP contribution in [0.4, 0.5) is 0 Å². The van der Waals surface area contributed by atoms with E-state index in [1.165, 1.54) is 12.8 Å². The van der Waals surface area contributed by atoms with Gasteiger partial charge in [0, 0.05) is 24.2 Å². The Hall–Kier alpha value is -1.16. The minimum atomic E-state index is 0.153. The van der Waals surface area contributed by atoms with Crippen LogP contribution in [0.25, 0.3) is 0 Å². The van der Waals surface area contributed by atoms with Gasteiger partial charge in [-0.15, -0.1) is 0 Å². The topological polar surface area (TPSA) is 46.9 Å². The lowest BCUT2D eigenvalue weighted by Gasteiger charge is -2.25. The van der Waals surface area contributed by atoms with E-state index in [9.17, 15) is 4.79 Å². The number of nitrogens with zero attached hydrogens (tertiary/aromatic N) is 2. The molecule has 0 aromatic carbocycles. The van der Waals surface area contributed by atoms with Gasteiger partial charge in [0.15, 0.2) is 0 Å². The van der Waals surface area contributed by atoms with Crippen LogP contribution >= 0.6 is 0 Å². The van der Waals surface area contributed by atoms with E-state index in [-0.39, 0.29) is 5.56 Å². The standard InChI is InChI=1S/C15H23N3O/c1-11-3-2-8-18-14(19)10-13(17-15(11)18)9-12-4-6-16-7-5-12/h10-12,16H,2-9H2,1H3. The van der Waals surface area contributed by atoms with E-state index in [1.54, 1.807) is 6.07 Å². The molecule has 4 nitrogen and oxygen atoms in total. The number of rotatable bonds is 2. The molecule has 0 amide bonds. The number of fused-ring (bicyclic) bond motifs is 1. The Morgan fingerprint density at radius 2 is 2.16 bits per heavy atom. The fourth-order valence-corrected chi connectivity index (χ4v) is 3.34. The van der Waals surface area contributed by atoms with Gasteiger partial charge in [-0.3, -0.25) is 9.36 Å². The SMILES string of the molecule is CC1CCCn2c1nc(CC1CCNCC1)cc2=O. The van der Waals surface area contributed by atoms with Gasteiger partial charge >= 0.3 is 0 Å². The molecule has 1 aromatic heterocycles. The molecule has 104 valence electrons. The van der Waals surface area contributed by atoms with Crippen LogP contribution in [0.15, 0.2) is 10.9 Å². The third kappa shape index (κ3) is 2.73. The predicted octanol–water partition coefficient (Wildman–Crippen LogP) is 1.68. The second-order valence-electron chi connectivity index (χ2n) is 6.04. The summed E-state index contributed by atoms with van der Waals surface area (Å²) in [6.07, 6.45) is 5.63. The molecule has 3 rings (SSSR count). The third-order valence-corrected chi connectivity index (χ3v) is 4.51. The molecule has 2 aliphatic rings. The Kier molecular flexibility index (Phi) is 3.69. The molecule has 1 aromatic rings. The Morgan fingerprint density at radius 3 is 2.95 bits per heavy atom. The van der Waals surface area contributed by atoms with E-state index >= 15 is 0 Å². The lowest BCUT2D eigenvalue weighted by atomic mass is 9.92. The monoisotopic (exact) mass is 261 g/mol. The maximum absolute atomic E-state index is 12.2. The van der Waals surface area contributed by atoms with E-state index in [0.29, 0.717) is 11.8 Å². The van der Waals surface area contributed by atoms with Gasteiger partial charge in [0.2, 0.25) is 0 Å². The highest BCUT2D eigenvalue weighted by molar-refractivity contribution is 5.10. The summed E-state index contributed by atoms with van der Waals surface area (Å²) < 4.78 is 1.88. The highest BCUT2D eigenvalue weighted by atomic mass is 16.1. The van der Waals surface area contributed by atoms with Gasteiger partial charge in [-0.25, -0.2) is 4.98 Å². The highest BCUT2D eigenvalue weighted by Gasteiger charge is 2.21. The van der Waals surface area contributed by atoms with Crippen LogP contribution in [0, 0.1) is 5.92 Å². The molecule has 4 heteroatoms. The Morgan fingerprint density at radius 1 is 1.37 bits per heavy atom. The minimum absolute atomic E-state index is 0.153. The molecule has 2 aliphatic heterocycles.